The Morgan fingerprint density at radius 1 is 1.18 bits per heavy atom. The minimum Gasteiger partial charge on any atom is -0.361 e. The second kappa shape index (κ2) is 5.07. The van der Waals surface area contributed by atoms with Crippen LogP contribution in [0.15, 0.2) is 24.4 Å². The zero-order valence-corrected chi connectivity index (χ0v) is 10.3. The predicted molar refractivity (Wildman–Crippen MR) is 70.3 cm³/mol. The van der Waals surface area contributed by atoms with E-state index in [9.17, 15) is 4.39 Å². The molecule has 4 heteroatoms. The molecule has 2 N–H and O–H groups in total. The molecule has 2 nitrogen and oxygen atoms in total. The van der Waals surface area contributed by atoms with Crippen LogP contribution in [0.2, 0.25) is 0 Å². The number of piperidine rings is 1. The van der Waals surface area contributed by atoms with E-state index in [1.807, 2.05) is 12.3 Å². The van der Waals surface area contributed by atoms with Crippen molar-refractivity contribution in [2.45, 2.75) is 18.8 Å². The van der Waals surface area contributed by atoms with Crippen molar-refractivity contribution in [2.24, 2.45) is 0 Å². The highest BCUT2D eigenvalue weighted by molar-refractivity contribution is 5.85. The second-order valence-corrected chi connectivity index (χ2v) is 4.46. The number of rotatable bonds is 1. The molecule has 1 fully saturated rings. The molecule has 2 heterocycles. The van der Waals surface area contributed by atoms with Gasteiger partial charge in [-0.25, -0.2) is 4.39 Å². The Labute approximate surface area is 106 Å². The van der Waals surface area contributed by atoms with Crippen LogP contribution in [0.4, 0.5) is 4.39 Å². The van der Waals surface area contributed by atoms with Crippen molar-refractivity contribution < 1.29 is 4.39 Å². The maximum Gasteiger partial charge on any atom is 0.125 e. The van der Waals surface area contributed by atoms with Crippen molar-refractivity contribution in [2.75, 3.05) is 13.1 Å². The average molecular weight is 255 g/mol. The summed E-state index contributed by atoms with van der Waals surface area (Å²) in [4.78, 5) is 3.17. The highest BCUT2D eigenvalue weighted by Gasteiger charge is 2.18. The number of fused-ring (bicyclic) bond motifs is 1. The van der Waals surface area contributed by atoms with E-state index in [4.69, 9.17) is 0 Å². The summed E-state index contributed by atoms with van der Waals surface area (Å²) in [6, 6.07) is 5.00. The van der Waals surface area contributed by atoms with E-state index >= 15 is 0 Å². The summed E-state index contributed by atoms with van der Waals surface area (Å²) in [5, 5.41) is 4.54. The lowest BCUT2D eigenvalue weighted by atomic mass is 9.90. The number of nitrogens with one attached hydrogen (secondary N) is 2. The Morgan fingerprint density at radius 3 is 2.71 bits per heavy atom. The molecule has 0 bridgehead atoms. The maximum absolute atomic E-state index is 13.1. The summed E-state index contributed by atoms with van der Waals surface area (Å²) in [5.74, 6) is 0.437. The minimum absolute atomic E-state index is 0. The van der Waals surface area contributed by atoms with E-state index < -0.39 is 0 Å². The summed E-state index contributed by atoms with van der Waals surface area (Å²) < 4.78 is 13.1. The van der Waals surface area contributed by atoms with Gasteiger partial charge in [0, 0.05) is 17.1 Å². The number of halogens is 2. The summed E-state index contributed by atoms with van der Waals surface area (Å²) in [7, 11) is 0. The number of H-pyrrole nitrogens is 1. The molecule has 1 aromatic heterocycles. The van der Waals surface area contributed by atoms with Gasteiger partial charge >= 0.3 is 0 Å². The van der Waals surface area contributed by atoms with E-state index in [2.05, 4.69) is 10.3 Å². The van der Waals surface area contributed by atoms with Gasteiger partial charge in [0.05, 0.1) is 0 Å². The van der Waals surface area contributed by atoms with Crippen LogP contribution in [0.3, 0.4) is 0 Å². The van der Waals surface area contributed by atoms with Crippen LogP contribution in [0.5, 0.6) is 0 Å². The number of aromatic nitrogens is 1. The van der Waals surface area contributed by atoms with E-state index in [-0.39, 0.29) is 18.2 Å². The van der Waals surface area contributed by atoms with Gasteiger partial charge in [-0.2, -0.15) is 0 Å². The molecule has 0 amide bonds. The fourth-order valence-electron chi connectivity index (χ4n) is 2.59. The molecule has 1 aliphatic heterocycles. The third kappa shape index (κ3) is 2.31. The van der Waals surface area contributed by atoms with Gasteiger partial charge in [0.25, 0.3) is 0 Å². The van der Waals surface area contributed by atoms with Crippen LogP contribution in [0.25, 0.3) is 10.9 Å². The fraction of sp³-hybridized carbons (Fsp3) is 0.385. The maximum atomic E-state index is 13.1. The average Bonchev–Trinajstić information content (AvgIpc) is 2.73. The van der Waals surface area contributed by atoms with Crippen LogP contribution in [-0.4, -0.2) is 18.1 Å². The predicted octanol–water partition coefficient (Wildman–Crippen LogP) is 3.20. The van der Waals surface area contributed by atoms with Crippen molar-refractivity contribution in [3.8, 4) is 0 Å². The summed E-state index contributed by atoms with van der Waals surface area (Å²) in [5.41, 5.74) is 2.25. The molecule has 0 unspecified atom stereocenters. The first-order valence-corrected chi connectivity index (χ1v) is 5.82. The minimum atomic E-state index is -0.175. The van der Waals surface area contributed by atoms with Gasteiger partial charge < -0.3 is 10.3 Å². The zero-order chi connectivity index (χ0) is 11.0. The van der Waals surface area contributed by atoms with E-state index in [1.165, 1.54) is 23.8 Å². The molecule has 2 aromatic rings. The molecule has 0 atom stereocenters. The molecule has 17 heavy (non-hydrogen) atoms. The van der Waals surface area contributed by atoms with Crippen LogP contribution < -0.4 is 5.32 Å². The topological polar surface area (TPSA) is 27.8 Å². The molecule has 92 valence electrons. The summed E-state index contributed by atoms with van der Waals surface area (Å²) >= 11 is 0. The third-order valence-corrected chi connectivity index (χ3v) is 3.45. The van der Waals surface area contributed by atoms with Crippen molar-refractivity contribution in [1.82, 2.24) is 10.3 Å². The fourth-order valence-corrected chi connectivity index (χ4v) is 2.59. The highest BCUT2D eigenvalue weighted by Crippen LogP contribution is 2.31. The van der Waals surface area contributed by atoms with Crippen LogP contribution >= 0.6 is 12.4 Å². The first-order valence-electron chi connectivity index (χ1n) is 5.82. The van der Waals surface area contributed by atoms with Crippen molar-refractivity contribution >= 4 is 23.3 Å². The van der Waals surface area contributed by atoms with Crippen LogP contribution in [-0.2, 0) is 0 Å². The monoisotopic (exact) mass is 254 g/mol. The van der Waals surface area contributed by atoms with Gasteiger partial charge in [-0.3, -0.25) is 0 Å². The van der Waals surface area contributed by atoms with Crippen LogP contribution in [0, 0.1) is 5.82 Å². The molecule has 1 aromatic carbocycles. The Morgan fingerprint density at radius 2 is 1.94 bits per heavy atom. The van der Waals surface area contributed by atoms with E-state index in [0.29, 0.717) is 5.92 Å². The standard InChI is InChI=1S/C13H15FN2.ClH/c14-10-1-2-11-12(8-16-13(11)7-10)9-3-5-15-6-4-9;/h1-2,7-9,15-16H,3-6H2;1H. The SMILES string of the molecule is Cl.Fc1ccc2c(C3CCNCC3)c[nH]c2c1. The summed E-state index contributed by atoms with van der Waals surface area (Å²) in [6.45, 7) is 2.16. The third-order valence-electron chi connectivity index (χ3n) is 3.45. The Bertz CT molecular complexity index is 503. The second-order valence-electron chi connectivity index (χ2n) is 4.46. The normalized spacial score (nSPS) is 17.0. The molecule has 0 radical (unpaired) electrons. The van der Waals surface area contributed by atoms with Gasteiger partial charge in [-0.15, -0.1) is 12.4 Å². The number of aromatic amines is 1. The Kier molecular flexibility index (Phi) is 3.69. The molecule has 3 rings (SSSR count). The highest BCUT2D eigenvalue weighted by atomic mass is 35.5. The lowest BCUT2D eigenvalue weighted by Crippen LogP contribution is -2.26. The molecule has 1 saturated heterocycles. The lowest BCUT2D eigenvalue weighted by Gasteiger charge is -2.22. The number of benzene rings is 1. The van der Waals surface area contributed by atoms with E-state index in [1.54, 1.807) is 12.1 Å². The molecule has 0 saturated carbocycles. The summed E-state index contributed by atoms with van der Waals surface area (Å²) in [6.07, 6.45) is 4.38. The van der Waals surface area contributed by atoms with Gasteiger partial charge in [-0.05, 0) is 55.6 Å². The number of hydrogen-bond acceptors (Lipinski definition) is 1. The van der Waals surface area contributed by atoms with Crippen LogP contribution in [0.1, 0.15) is 24.3 Å². The van der Waals surface area contributed by atoms with Crippen molar-refractivity contribution in [3.05, 3.63) is 35.8 Å². The zero-order valence-electron chi connectivity index (χ0n) is 9.50. The van der Waals surface area contributed by atoms with Gasteiger partial charge in [0.15, 0.2) is 0 Å². The molecular weight excluding hydrogens is 239 g/mol. The Hall–Kier alpha value is -1.06. The van der Waals surface area contributed by atoms with E-state index in [0.717, 1.165) is 18.6 Å². The molecular formula is C13H16ClFN2. The van der Waals surface area contributed by atoms with Crippen molar-refractivity contribution in [1.29, 1.82) is 0 Å². The van der Waals surface area contributed by atoms with Gasteiger partial charge in [0.2, 0.25) is 0 Å². The Balaban J connectivity index is 0.00000108. The number of hydrogen-bond donors (Lipinski definition) is 2. The van der Waals surface area contributed by atoms with Gasteiger partial charge in [0.1, 0.15) is 5.82 Å². The molecule has 1 aliphatic rings. The molecule has 0 aliphatic carbocycles. The first-order chi connectivity index (χ1) is 7.84. The smallest absolute Gasteiger partial charge is 0.125 e. The quantitative estimate of drug-likeness (QED) is 0.804. The van der Waals surface area contributed by atoms with Gasteiger partial charge in [-0.1, -0.05) is 0 Å². The lowest BCUT2D eigenvalue weighted by molar-refractivity contribution is 0.462. The largest absolute Gasteiger partial charge is 0.361 e. The molecule has 0 spiro atoms. The van der Waals surface area contributed by atoms with Crippen molar-refractivity contribution in [3.63, 3.8) is 0 Å². The first kappa shape index (κ1) is 12.4.